The molecule has 4 rings (SSSR count). The van der Waals surface area contributed by atoms with Crippen molar-refractivity contribution in [1.29, 1.82) is 0 Å². The molecule has 0 spiro atoms. The summed E-state index contributed by atoms with van der Waals surface area (Å²) in [7, 11) is 1.60. The van der Waals surface area contributed by atoms with Crippen molar-refractivity contribution in [1.82, 2.24) is 15.0 Å². The lowest BCUT2D eigenvalue weighted by Gasteiger charge is -2.09. The monoisotopic (exact) mass is 422 g/mol. The van der Waals surface area contributed by atoms with Crippen molar-refractivity contribution in [2.24, 2.45) is 0 Å². The maximum Gasteiger partial charge on any atom is 0.353 e. The highest BCUT2D eigenvalue weighted by atomic mass is 32.1. The van der Waals surface area contributed by atoms with Crippen LogP contribution in [0.5, 0.6) is 5.75 Å². The predicted octanol–water partition coefficient (Wildman–Crippen LogP) is 4.40. The maximum atomic E-state index is 11.7. The maximum absolute atomic E-state index is 11.7. The number of nitrogens with one attached hydrogen (secondary N) is 2. The standard InChI is InChI=1S/C20H18N6O3S/c1-29-14-7-8-15-16(11-14)30-20(24-15)25-19-17(26(27)28)18(22-12-23-19)21-10-9-13-5-3-2-4-6-13/h2-8,11-12H,9-10H2,1H3,(H2,21,22,23,24,25). The number of ether oxygens (including phenoxy) is 1. The molecule has 2 N–H and O–H groups in total. The lowest BCUT2D eigenvalue weighted by Crippen LogP contribution is -2.10. The first-order valence-electron chi connectivity index (χ1n) is 9.13. The van der Waals surface area contributed by atoms with Crippen LogP contribution in [0, 0.1) is 10.1 Å². The topological polar surface area (TPSA) is 115 Å². The Balaban J connectivity index is 1.55. The summed E-state index contributed by atoms with van der Waals surface area (Å²) in [6.07, 6.45) is 2.00. The number of benzene rings is 2. The minimum Gasteiger partial charge on any atom is -0.497 e. The van der Waals surface area contributed by atoms with Crippen LogP contribution in [0.15, 0.2) is 54.9 Å². The predicted molar refractivity (Wildman–Crippen MR) is 117 cm³/mol. The van der Waals surface area contributed by atoms with E-state index in [0.29, 0.717) is 18.1 Å². The van der Waals surface area contributed by atoms with Crippen LogP contribution in [0.25, 0.3) is 10.2 Å². The Kier molecular flexibility index (Phi) is 5.66. The molecule has 152 valence electrons. The van der Waals surface area contributed by atoms with Crippen molar-refractivity contribution in [3.63, 3.8) is 0 Å². The van der Waals surface area contributed by atoms with Crippen LogP contribution in [0.1, 0.15) is 5.56 Å². The summed E-state index contributed by atoms with van der Waals surface area (Å²) in [5.41, 5.74) is 1.67. The van der Waals surface area contributed by atoms with Gasteiger partial charge in [0, 0.05) is 6.54 Å². The molecule has 0 fully saturated rings. The molecule has 2 heterocycles. The van der Waals surface area contributed by atoms with Crippen LogP contribution in [0.4, 0.5) is 22.5 Å². The second-order valence-electron chi connectivity index (χ2n) is 6.32. The van der Waals surface area contributed by atoms with Crippen molar-refractivity contribution in [2.45, 2.75) is 6.42 Å². The zero-order chi connectivity index (χ0) is 20.9. The molecule has 0 bridgehead atoms. The van der Waals surface area contributed by atoms with E-state index in [0.717, 1.165) is 21.5 Å². The second-order valence-corrected chi connectivity index (χ2v) is 7.35. The number of aromatic nitrogens is 3. The molecule has 0 atom stereocenters. The van der Waals surface area contributed by atoms with Gasteiger partial charge < -0.3 is 15.4 Å². The quantitative estimate of drug-likeness (QED) is 0.317. The Hall–Kier alpha value is -3.79. The average Bonchev–Trinajstić information content (AvgIpc) is 3.15. The van der Waals surface area contributed by atoms with Gasteiger partial charge in [-0.1, -0.05) is 41.7 Å². The van der Waals surface area contributed by atoms with Gasteiger partial charge in [-0.2, -0.15) is 0 Å². The first kappa shape index (κ1) is 19.5. The molecule has 30 heavy (non-hydrogen) atoms. The summed E-state index contributed by atoms with van der Waals surface area (Å²) in [6.45, 7) is 0.502. The fourth-order valence-corrected chi connectivity index (χ4v) is 3.82. The summed E-state index contributed by atoms with van der Waals surface area (Å²) < 4.78 is 6.12. The van der Waals surface area contributed by atoms with Gasteiger partial charge in [-0.15, -0.1) is 0 Å². The molecule has 10 heteroatoms. The Bertz CT molecular complexity index is 1180. The molecule has 0 saturated heterocycles. The molecule has 0 radical (unpaired) electrons. The number of hydrogen-bond acceptors (Lipinski definition) is 9. The molecule has 0 aliphatic heterocycles. The highest BCUT2D eigenvalue weighted by Gasteiger charge is 2.23. The van der Waals surface area contributed by atoms with Gasteiger partial charge in [0.05, 0.1) is 22.2 Å². The molecule has 4 aromatic rings. The molecular formula is C20H18N6O3S. The molecule has 0 aliphatic rings. The number of nitro groups is 1. The van der Waals surface area contributed by atoms with Crippen molar-refractivity contribution in [3.8, 4) is 5.75 Å². The van der Waals surface area contributed by atoms with Crippen LogP contribution >= 0.6 is 11.3 Å². The number of anilines is 3. The van der Waals surface area contributed by atoms with Gasteiger partial charge in [0.15, 0.2) is 5.13 Å². The average molecular weight is 422 g/mol. The van der Waals surface area contributed by atoms with Crippen molar-refractivity contribution in [3.05, 3.63) is 70.5 Å². The summed E-state index contributed by atoms with van der Waals surface area (Å²) in [4.78, 5) is 23.8. The molecule has 2 aromatic carbocycles. The van der Waals surface area contributed by atoms with Gasteiger partial charge in [0.1, 0.15) is 12.1 Å². The molecule has 0 aliphatic carbocycles. The second kappa shape index (κ2) is 8.70. The van der Waals surface area contributed by atoms with Gasteiger partial charge in [0.2, 0.25) is 11.6 Å². The highest BCUT2D eigenvalue weighted by Crippen LogP contribution is 2.35. The van der Waals surface area contributed by atoms with Crippen LogP contribution in [-0.4, -0.2) is 33.5 Å². The van der Waals surface area contributed by atoms with E-state index in [2.05, 4.69) is 25.6 Å². The van der Waals surface area contributed by atoms with E-state index in [1.54, 1.807) is 7.11 Å². The summed E-state index contributed by atoms with van der Waals surface area (Å²) in [6, 6.07) is 15.4. The third-order valence-electron chi connectivity index (χ3n) is 4.37. The highest BCUT2D eigenvalue weighted by molar-refractivity contribution is 7.22. The Morgan fingerprint density at radius 1 is 1.13 bits per heavy atom. The number of thiazole rings is 1. The Morgan fingerprint density at radius 2 is 1.93 bits per heavy atom. The van der Waals surface area contributed by atoms with E-state index in [-0.39, 0.29) is 17.3 Å². The Labute approximate surface area is 175 Å². The fraction of sp³-hybridized carbons (Fsp3) is 0.150. The lowest BCUT2D eigenvalue weighted by molar-refractivity contribution is -0.383. The molecule has 2 aromatic heterocycles. The first-order valence-corrected chi connectivity index (χ1v) is 9.94. The van der Waals surface area contributed by atoms with E-state index in [9.17, 15) is 10.1 Å². The van der Waals surface area contributed by atoms with Gasteiger partial charge in [-0.25, -0.2) is 15.0 Å². The third-order valence-corrected chi connectivity index (χ3v) is 5.31. The van der Waals surface area contributed by atoms with Crippen LogP contribution in [0.3, 0.4) is 0 Å². The molecule has 0 amide bonds. The molecule has 9 nitrogen and oxygen atoms in total. The first-order chi connectivity index (χ1) is 14.6. The zero-order valence-electron chi connectivity index (χ0n) is 16.0. The summed E-state index contributed by atoms with van der Waals surface area (Å²) in [5.74, 6) is 0.968. The van der Waals surface area contributed by atoms with Crippen molar-refractivity contribution < 1.29 is 9.66 Å². The third kappa shape index (κ3) is 4.28. The van der Waals surface area contributed by atoms with Crippen molar-refractivity contribution in [2.75, 3.05) is 24.3 Å². The minimum atomic E-state index is -0.496. The van der Waals surface area contributed by atoms with Gasteiger partial charge in [-0.05, 0) is 30.2 Å². The van der Waals surface area contributed by atoms with Crippen LogP contribution in [0.2, 0.25) is 0 Å². The summed E-state index contributed by atoms with van der Waals surface area (Å²) in [5, 5.41) is 18.2. The SMILES string of the molecule is COc1ccc2nc(Nc3ncnc(NCCc4ccccc4)c3[N+](=O)[O-])sc2c1. The number of fused-ring (bicyclic) bond motifs is 1. The lowest BCUT2D eigenvalue weighted by atomic mass is 10.1. The fourth-order valence-electron chi connectivity index (χ4n) is 2.93. The van der Waals surface area contributed by atoms with Crippen LogP contribution in [-0.2, 0) is 6.42 Å². The summed E-state index contributed by atoms with van der Waals surface area (Å²) >= 11 is 1.36. The van der Waals surface area contributed by atoms with E-state index in [1.165, 1.54) is 17.7 Å². The van der Waals surface area contributed by atoms with E-state index >= 15 is 0 Å². The zero-order valence-corrected chi connectivity index (χ0v) is 16.8. The number of nitrogens with zero attached hydrogens (tertiary/aromatic N) is 4. The Morgan fingerprint density at radius 3 is 2.70 bits per heavy atom. The number of methoxy groups -OCH3 is 1. The largest absolute Gasteiger partial charge is 0.497 e. The smallest absolute Gasteiger partial charge is 0.353 e. The van der Waals surface area contributed by atoms with Gasteiger partial charge in [0.25, 0.3) is 0 Å². The normalized spacial score (nSPS) is 10.7. The van der Waals surface area contributed by atoms with Crippen LogP contribution < -0.4 is 15.4 Å². The van der Waals surface area contributed by atoms with Gasteiger partial charge in [-0.3, -0.25) is 10.1 Å². The van der Waals surface area contributed by atoms with E-state index in [1.807, 2.05) is 48.5 Å². The number of hydrogen-bond donors (Lipinski definition) is 2. The minimum absolute atomic E-state index is 0.0863. The van der Waals surface area contributed by atoms with Gasteiger partial charge >= 0.3 is 5.69 Å². The van der Waals surface area contributed by atoms with E-state index in [4.69, 9.17) is 4.74 Å². The number of rotatable bonds is 8. The molecule has 0 unspecified atom stereocenters. The van der Waals surface area contributed by atoms with E-state index < -0.39 is 4.92 Å². The molecular weight excluding hydrogens is 404 g/mol. The van der Waals surface area contributed by atoms with Crippen molar-refractivity contribution >= 4 is 44.0 Å². The molecule has 0 saturated carbocycles.